The molecule has 80 valence electrons. The minimum atomic E-state index is -0.555. The second-order valence-electron chi connectivity index (χ2n) is 4.37. The van der Waals surface area contributed by atoms with Gasteiger partial charge in [-0.2, -0.15) is 0 Å². The van der Waals surface area contributed by atoms with E-state index < -0.39 is 11.9 Å². The third-order valence-electron chi connectivity index (χ3n) is 2.65. The number of alkyl halides is 1. The first-order valence-electron chi connectivity index (χ1n) is 4.77. The fourth-order valence-corrected chi connectivity index (χ4v) is 2.56. The van der Waals surface area contributed by atoms with Gasteiger partial charge in [0.15, 0.2) is 5.79 Å². The first-order chi connectivity index (χ1) is 6.41. The SMILES string of the molecule is CC1=C[C@H](O)[C@@H](Br)[C@@H]2OC(C)(C)O[C@H]12. The number of hydrogen-bond donors (Lipinski definition) is 1. The van der Waals surface area contributed by atoms with E-state index in [0.717, 1.165) is 5.57 Å². The Morgan fingerprint density at radius 2 is 2.07 bits per heavy atom. The van der Waals surface area contributed by atoms with Gasteiger partial charge in [0.1, 0.15) is 12.2 Å². The van der Waals surface area contributed by atoms with Gasteiger partial charge < -0.3 is 14.6 Å². The van der Waals surface area contributed by atoms with E-state index in [-0.39, 0.29) is 17.0 Å². The second kappa shape index (κ2) is 3.30. The summed E-state index contributed by atoms with van der Waals surface area (Å²) < 4.78 is 11.5. The highest BCUT2D eigenvalue weighted by Crippen LogP contribution is 2.39. The maximum atomic E-state index is 9.71. The van der Waals surface area contributed by atoms with Crippen molar-refractivity contribution in [1.82, 2.24) is 0 Å². The molecular weight excluding hydrogens is 248 g/mol. The van der Waals surface area contributed by atoms with Gasteiger partial charge in [-0.15, -0.1) is 0 Å². The van der Waals surface area contributed by atoms with Crippen molar-refractivity contribution in [3.63, 3.8) is 0 Å². The van der Waals surface area contributed by atoms with Crippen LogP contribution in [0.5, 0.6) is 0 Å². The van der Waals surface area contributed by atoms with E-state index in [1.165, 1.54) is 0 Å². The third-order valence-corrected chi connectivity index (χ3v) is 3.71. The van der Waals surface area contributed by atoms with E-state index in [4.69, 9.17) is 9.47 Å². The van der Waals surface area contributed by atoms with Gasteiger partial charge in [-0.3, -0.25) is 0 Å². The zero-order valence-electron chi connectivity index (χ0n) is 8.53. The van der Waals surface area contributed by atoms with Crippen molar-refractivity contribution in [2.75, 3.05) is 0 Å². The third kappa shape index (κ3) is 1.65. The van der Waals surface area contributed by atoms with Crippen LogP contribution in [-0.2, 0) is 9.47 Å². The smallest absolute Gasteiger partial charge is 0.164 e. The summed E-state index contributed by atoms with van der Waals surface area (Å²) in [6.45, 7) is 5.75. The molecule has 1 heterocycles. The average molecular weight is 263 g/mol. The van der Waals surface area contributed by atoms with E-state index in [1.807, 2.05) is 26.8 Å². The van der Waals surface area contributed by atoms with E-state index in [1.54, 1.807) is 0 Å². The van der Waals surface area contributed by atoms with Gasteiger partial charge in [-0.1, -0.05) is 22.0 Å². The van der Waals surface area contributed by atoms with Crippen LogP contribution in [-0.4, -0.2) is 34.0 Å². The fraction of sp³-hybridized carbons (Fsp3) is 0.800. The molecule has 1 aliphatic carbocycles. The van der Waals surface area contributed by atoms with Crippen LogP contribution >= 0.6 is 15.9 Å². The van der Waals surface area contributed by atoms with Gasteiger partial charge in [-0.25, -0.2) is 0 Å². The monoisotopic (exact) mass is 262 g/mol. The highest BCUT2D eigenvalue weighted by atomic mass is 79.9. The van der Waals surface area contributed by atoms with Crippen LogP contribution in [0.4, 0.5) is 0 Å². The second-order valence-corrected chi connectivity index (χ2v) is 5.42. The van der Waals surface area contributed by atoms with Crippen molar-refractivity contribution in [2.24, 2.45) is 0 Å². The maximum Gasteiger partial charge on any atom is 0.164 e. The predicted octanol–water partition coefficient (Wildman–Crippen LogP) is 1.59. The minimum absolute atomic E-state index is 0.0298. The number of fused-ring (bicyclic) bond motifs is 1. The molecule has 0 bridgehead atoms. The Morgan fingerprint density at radius 1 is 1.43 bits per heavy atom. The average Bonchev–Trinajstić information content (AvgIpc) is 2.38. The van der Waals surface area contributed by atoms with E-state index in [0.29, 0.717) is 0 Å². The summed E-state index contributed by atoms with van der Waals surface area (Å²) >= 11 is 3.44. The highest BCUT2D eigenvalue weighted by molar-refractivity contribution is 9.09. The maximum absolute atomic E-state index is 9.71. The molecule has 0 aromatic heterocycles. The van der Waals surface area contributed by atoms with E-state index >= 15 is 0 Å². The number of halogens is 1. The molecule has 1 N–H and O–H groups in total. The Balaban J connectivity index is 2.27. The molecule has 0 radical (unpaired) electrons. The molecule has 4 atom stereocenters. The van der Waals surface area contributed by atoms with Crippen LogP contribution in [0.25, 0.3) is 0 Å². The quantitative estimate of drug-likeness (QED) is 0.533. The van der Waals surface area contributed by atoms with Gasteiger partial charge >= 0.3 is 0 Å². The van der Waals surface area contributed by atoms with Crippen molar-refractivity contribution >= 4 is 15.9 Å². The molecule has 0 spiro atoms. The summed E-state index contributed by atoms with van der Waals surface area (Å²) in [7, 11) is 0. The Morgan fingerprint density at radius 3 is 2.71 bits per heavy atom. The molecule has 0 aromatic carbocycles. The summed E-state index contributed by atoms with van der Waals surface area (Å²) in [5.41, 5.74) is 1.05. The Labute approximate surface area is 92.2 Å². The molecule has 0 unspecified atom stereocenters. The van der Waals surface area contributed by atoms with Crippen LogP contribution in [0.1, 0.15) is 20.8 Å². The normalized spacial score (nSPS) is 45.9. The lowest BCUT2D eigenvalue weighted by Gasteiger charge is -2.30. The molecule has 2 aliphatic rings. The van der Waals surface area contributed by atoms with Crippen LogP contribution in [0, 0.1) is 0 Å². The standard InChI is InChI=1S/C10H15BrO3/c1-5-4-6(12)7(11)9-8(5)13-10(2,3)14-9/h4,6-9,12H,1-3H3/t6-,7+,8+,9-/m0/s1. The molecule has 0 amide bonds. The summed E-state index contributed by atoms with van der Waals surface area (Å²) in [4.78, 5) is -0.0852. The first kappa shape index (κ1) is 10.6. The van der Waals surface area contributed by atoms with E-state index in [9.17, 15) is 5.11 Å². The number of hydrogen-bond acceptors (Lipinski definition) is 3. The van der Waals surface area contributed by atoms with Gasteiger partial charge in [0.05, 0.1) is 10.9 Å². The molecule has 0 saturated carbocycles. The topological polar surface area (TPSA) is 38.7 Å². The lowest BCUT2D eigenvalue weighted by atomic mass is 9.93. The van der Waals surface area contributed by atoms with Gasteiger partial charge in [0.2, 0.25) is 0 Å². The van der Waals surface area contributed by atoms with Crippen LogP contribution in [0.3, 0.4) is 0 Å². The fourth-order valence-electron chi connectivity index (χ4n) is 2.02. The van der Waals surface area contributed by atoms with Crippen LogP contribution in [0.2, 0.25) is 0 Å². The molecule has 0 aromatic rings. The minimum Gasteiger partial charge on any atom is -0.388 e. The van der Waals surface area contributed by atoms with Crippen molar-refractivity contribution in [3.8, 4) is 0 Å². The Hall–Kier alpha value is 0.100. The summed E-state index contributed by atoms with van der Waals surface area (Å²) in [5.74, 6) is -0.555. The highest BCUT2D eigenvalue weighted by Gasteiger charge is 2.48. The van der Waals surface area contributed by atoms with Crippen molar-refractivity contribution in [2.45, 2.75) is 49.7 Å². The summed E-state index contributed by atoms with van der Waals surface area (Å²) in [6.07, 6.45) is 1.21. The van der Waals surface area contributed by atoms with Crippen LogP contribution in [0.15, 0.2) is 11.6 Å². The number of ether oxygens (including phenoxy) is 2. The molecule has 1 aliphatic heterocycles. The summed E-state index contributed by atoms with van der Waals surface area (Å²) in [6, 6.07) is 0. The molecule has 1 saturated heterocycles. The molecule has 14 heavy (non-hydrogen) atoms. The van der Waals surface area contributed by atoms with E-state index in [2.05, 4.69) is 15.9 Å². The summed E-state index contributed by atoms with van der Waals surface area (Å²) in [5, 5.41) is 9.71. The first-order valence-corrected chi connectivity index (χ1v) is 5.68. The zero-order valence-corrected chi connectivity index (χ0v) is 10.1. The molecular formula is C10H15BrO3. The largest absolute Gasteiger partial charge is 0.388 e. The number of rotatable bonds is 0. The van der Waals surface area contributed by atoms with Gasteiger partial charge in [-0.05, 0) is 26.3 Å². The van der Waals surface area contributed by atoms with Gasteiger partial charge in [0, 0.05) is 0 Å². The van der Waals surface area contributed by atoms with Crippen molar-refractivity contribution in [3.05, 3.63) is 11.6 Å². The molecule has 2 rings (SSSR count). The Bertz CT molecular complexity index is 275. The van der Waals surface area contributed by atoms with Crippen LogP contribution < -0.4 is 0 Å². The molecule has 3 nitrogen and oxygen atoms in total. The van der Waals surface area contributed by atoms with Gasteiger partial charge in [0.25, 0.3) is 0 Å². The molecule has 4 heteroatoms. The lowest BCUT2D eigenvalue weighted by Crippen LogP contribution is -2.43. The van der Waals surface area contributed by atoms with Crippen molar-refractivity contribution < 1.29 is 14.6 Å². The number of aliphatic hydroxyl groups excluding tert-OH is 1. The Kier molecular flexibility index (Phi) is 2.50. The molecule has 1 fully saturated rings. The zero-order chi connectivity index (χ0) is 10.5. The van der Waals surface area contributed by atoms with Crippen molar-refractivity contribution in [1.29, 1.82) is 0 Å². The number of aliphatic hydroxyl groups is 1. The predicted molar refractivity (Wildman–Crippen MR) is 56.3 cm³/mol. The lowest BCUT2D eigenvalue weighted by molar-refractivity contribution is -0.143.